The number of hydrazone groups is 2. The highest BCUT2D eigenvalue weighted by molar-refractivity contribution is 7.91. The van der Waals surface area contributed by atoms with Crippen molar-refractivity contribution in [1.29, 1.82) is 0 Å². The third kappa shape index (κ3) is 7.73. The number of methoxy groups -OCH3 is 2. The molecular formula is C35H28N6O11S2. The summed E-state index contributed by atoms with van der Waals surface area (Å²) >= 11 is 0. The van der Waals surface area contributed by atoms with E-state index < -0.39 is 59.1 Å². The van der Waals surface area contributed by atoms with Crippen molar-refractivity contribution >= 4 is 84.2 Å². The summed E-state index contributed by atoms with van der Waals surface area (Å²) in [5, 5.41) is 13.0. The van der Waals surface area contributed by atoms with Gasteiger partial charge in [-0.15, -0.1) is 0 Å². The summed E-state index contributed by atoms with van der Waals surface area (Å²) in [4.78, 5) is 38.2. The number of anilines is 4. The van der Waals surface area contributed by atoms with E-state index in [1.165, 1.54) is 50.6 Å². The number of Topliss-reactive ketones (excluding diaryl/α,β-unsaturated/α-hetero) is 2. The summed E-state index contributed by atoms with van der Waals surface area (Å²) in [6.45, 7) is 0. The van der Waals surface area contributed by atoms with E-state index in [-0.39, 0.29) is 33.6 Å². The van der Waals surface area contributed by atoms with Gasteiger partial charge in [-0.3, -0.25) is 29.5 Å². The van der Waals surface area contributed by atoms with E-state index in [2.05, 4.69) is 31.7 Å². The highest BCUT2D eigenvalue weighted by Crippen LogP contribution is 2.31. The molecule has 2 aliphatic rings. The Kier molecular flexibility index (Phi) is 10.1. The third-order valence-corrected chi connectivity index (χ3v) is 9.66. The third-order valence-electron chi connectivity index (χ3n) is 7.92. The topological polar surface area (TPSA) is 251 Å². The van der Waals surface area contributed by atoms with Crippen molar-refractivity contribution in [2.24, 2.45) is 10.2 Å². The average molecular weight is 773 g/mol. The van der Waals surface area contributed by atoms with Gasteiger partial charge in [0.2, 0.25) is 11.6 Å². The van der Waals surface area contributed by atoms with Crippen molar-refractivity contribution in [1.82, 2.24) is 0 Å². The van der Waals surface area contributed by atoms with Crippen LogP contribution in [0.25, 0.3) is 12.2 Å². The van der Waals surface area contributed by atoms with Crippen molar-refractivity contribution in [2.75, 3.05) is 35.7 Å². The second-order valence-electron chi connectivity index (χ2n) is 11.4. The number of nitrogens with one attached hydrogen (secondary N) is 4. The molecule has 0 bridgehead atoms. The lowest BCUT2D eigenvalue weighted by Crippen LogP contribution is -2.27. The molecule has 4 aromatic rings. The molecular weight excluding hydrogens is 745 g/mol. The van der Waals surface area contributed by atoms with E-state index >= 15 is 0 Å². The van der Waals surface area contributed by atoms with Gasteiger partial charge in [0, 0.05) is 22.5 Å². The van der Waals surface area contributed by atoms with Crippen molar-refractivity contribution in [3.05, 3.63) is 117 Å². The quantitative estimate of drug-likeness (QED) is 0.0904. The minimum absolute atomic E-state index is 0.0238. The van der Waals surface area contributed by atoms with Gasteiger partial charge < -0.3 is 20.1 Å². The van der Waals surface area contributed by atoms with Gasteiger partial charge in [0.15, 0.2) is 11.4 Å². The molecule has 0 aromatic heterocycles. The predicted octanol–water partition coefficient (Wildman–Crippen LogP) is 5.13. The minimum atomic E-state index is -4.95. The normalized spacial score (nSPS) is 15.4. The van der Waals surface area contributed by atoms with E-state index in [4.69, 9.17) is 9.47 Å². The van der Waals surface area contributed by atoms with Crippen LogP contribution in [0.3, 0.4) is 0 Å². The van der Waals surface area contributed by atoms with Crippen LogP contribution in [0.4, 0.5) is 27.5 Å². The van der Waals surface area contributed by atoms with E-state index in [1.54, 1.807) is 48.5 Å². The maximum atomic E-state index is 13.4. The number of rotatable bonds is 10. The van der Waals surface area contributed by atoms with Crippen molar-refractivity contribution in [3.8, 4) is 11.5 Å². The number of ether oxygens (including phenoxy) is 2. The van der Waals surface area contributed by atoms with Gasteiger partial charge in [-0.1, -0.05) is 24.3 Å². The molecule has 19 heteroatoms. The number of hydrogen-bond donors (Lipinski definition) is 6. The fraction of sp³-hybridized carbons (Fsp3) is 0.0571. The first-order valence-electron chi connectivity index (χ1n) is 15.5. The van der Waals surface area contributed by atoms with Crippen molar-refractivity contribution in [2.45, 2.75) is 0 Å². The Balaban J connectivity index is 1.22. The second-order valence-corrected chi connectivity index (χ2v) is 14.1. The maximum absolute atomic E-state index is 13.4. The van der Waals surface area contributed by atoms with Crippen LogP contribution >= 0.6 is 0 Å². The summed E-state index contributed by atoms with van der Waals surface area (Å²) in [7, 11) is -7.08. The number of carbonyl (C=O) groups is 3. The number of ketones is 2. The number of para-hydroxylation sites is 4. The summed E-state index contributed by atoms with van der Waals surface area (Å²) in [5.74, 6) is -0.943. The Morgan fingerprint density at radius 1 is 0.611 bits per heavy atom. The summed E-state index contributed by atoms with van der Waals surface area (Å²) in [6, 6.07) is 20.3. The van der Waals surface area contributed by atoms with E-state index in [0.29, 0.717) is 22.9 Å². The van der Waals surface area contributed by atoms with Crippen LogP contribution in [0.15, 0.2) is 105 Å². The molecule has 0 spiro atoms. The Hall–Kier alpha value is -6.67. The van der Waals surface area contributed by atoms with Crippen molar-refractivity contribution in [3.63, 3.8) is 0 Å². The molecule has 0 fully saturated rings. The Morgan fingerprint density at radius 3 is 1.37 bits per heavy atom. The number of carbonyl (C=O) groups excluding carboxylic acids is 3. The maximum Gasteiger partial charge on any atom is 0.323 e. The van der Waals surface area contributed by atoms with Crippen LogP contribution < -0.4 is 31.0 Å². The van der Waals surface area contributed by atoms with Gasteiger partial charge in [-0.25, -0.2) is 4.79 Å². The smallest absolute Gasteiger partial charge is 0.323 e. The number of allylic oxidation sites excluding steroid dienone is 2. The first-order chi connectivity index (χ1) is 25.7. The number of nitrogens with zero attached hydrogens (tertiary/aromatic N) is 2. The Labute approximate surface area is 307 Å². The monoisotopic (exact) mass is 772 g/mol. The summed E-state index contributed by atoms with van der Waals surface area (Å²) in [5.41, 5.74) is 5.03. The van der Waals surface area contributed by atoms with Gasteiger partial charge in [0.25, 0.3) is 20.2 Å². The summed E-state index contributed by atoms with van der Waals surface area (Å²) in [6.07, 6.45) is 2.06. The zero-order valence-corrected chi connectivity index (χ0v) is 29.7. The number of hydrogen-bond acceptors (Lipinski definition) is 13. The molecule has 0 saturated carbocycles. The zero-order valence-electron chi connectivity index (χ0n) is 28.0. The van der Waals surface area contributed by atoms with Gasteiger partial charge >= 0.3 is 6.03 Å². The fourth-order valence-corrected chi connectivity index (χ4v) is 6.75. The highest BCUT2D eigenvalue weighted by Gasteiger charge is 2.34. The molecule has 17 nitrogen and oxygen atoms in total. The number of urea groups is 1. The molecule has 54 heavy (non-hydrogen) atoms. The average Bonchev–Trinajstić information content (AvgIpc) is 3.13. The Bertz CT molecular complexity index is 2420. The summed E-state index contributed by atoms with van der Waals surface area (Å²) < 4.78 is 79.6. The first kappa shape index (κ1) is 37.1. The lowest BCUT2D eigenvalue weighted by atomic mass is 9.94. The van der Waals surface area contributed by atoms with Gasteiger partial charge in [0.05, 0.1) is 25.6 Å². The molecule has 2 aliphatic carbocycles. The molecule has 276 valence electrons. The molecule has 0 unspecified atom stereocenters. The molecule has 0 atom stereocenters. The van der Waals surface area contributed by atoms with Gasteiger partial charge in [-0.2, -0.15) is 27.0 Å². The number of amides is 2. The minimum Gasteiger partial charge on any atom is -0.495 e. The van der Waals surface area contributed by atoms with E-state index in [0.717, 1.165) is 12.2 Å². The molecule has 0 saturated heterocycles. The van der Waals surface area contributed by atoms with Crippen LogP contribution in [0.2, 0.25) is 0 Å². The largest absolute Gasteiger partial charge is 0.495 e. The molecule has 0 heterocycles. The SMILES string of the molecule is COc1ccccc1N/N=C1\C(=O)c2ccc(NC(=O)Nc3ccc4c(c3)C=C(S(=O)(=O)O)/C(=N/Nc3ccccc3OC)C4=O)cc2C=C1S(=O)(=O)O. The van der Waals surface area contributed by atoms with Crippen LogP contribution in [0, 0.1) is 0 Å². The second kappa shape index (κ2) is 14.8. The van der Waals surface area contributed by atoms with E-state index in [1.807, 2.05) is 0 Å². The van der Waals surface area contributed by atoms with Crippen molar-refractivity contribution < 1.29 is 49.8 Å². The zero-order chi connectivity index (χ0) is 38.8. The van der Waals surface area contributed by atoms with Crippen LogP contribution in [-0.2, 0) is 20.2 Å². The predicted molar refractivity (Wildman–Crippen MR) is 201 cm³/mol. The van der Waals surface area contributed by atoms with Crippen LogP contribution in [0.5, 0.6) is 11.5 Å². The highest BCUT2D eigenvalue weighted by atomic mass is 32.2. The molecule has 4 aromatic carbocycles. The molecule has 0 aliphatic heterocycles. The number of fused-ring (bicyclic) bond motifs is 2. The molecule has 0 radical (unpaired) electrons. The lowest BCUT2D eigenvalue weighted by Gasteiger charge is -2.18. The van der Waals surface area contributed by atoms with E-state index in [9.17, 15) is 40.3 Å². The van der Waals surface area contributed by atoms with Gasteiger partial charge in [-0.05, 0) is 83.9 Å². The van der Waals surface area contributed by atoms with Crippen LogP contribution in [0.1, 0.15) is 31.8 Å². The van der Waals surface area contributed by atoms with Gasteiger partial charge in [0.1, 0.15) is 21.3 Å². The molecule has 6 rings (SSSR count). The Morgan fingerprint density at radius 2 is 1.00 bits per heavy atom. The fourth-order valence-electron chi connectivity index (χ4n) is 5.44. The lowest BCUT2D eigenvalue weighted by molar-refractivity contribution is 0.105. The standard InChI is InChI=1S/C35H28N6O11S2/c1-51-27-9-5-3-7-25(27)38-40-31-29(53(45,46)47)17-19-15-21(11-13-23(19)33(31)42)36-35(44)37-22-12-14-24-20(16-22)18-30(54(48,49)50)32(34(24)43)41-39-26-8-4-6-10-28(26)52-2/h3-18,38-39H,1-2H3,(H2,36,37,44)(H,45,46,47)(H,48,49,50)/b40-31-,41-32-. The molecule has 6 N–H and O–H groups in total. The van der Waals surface area contributed by atoms with Crippen LogP contribution in [-0.4, -0.2) is 69.2 Å². The molecule has 2 amide bonds. The number of benzene rings is 4. The first-order valence-corrected chi connectivity index (χ1v) is 18.3.